The van der Waals surface area contributed by atoms with Crippen LogP contribution in [0.2, 0.25) is 0 Å². The number of hydrogen-bond donors (Lipinski definition) is 2. The average Bonchev–Trinajstić information content (AvgIpc) is 2.53. The van der Waals surface area contributed by atoms with Gasteiger partial charge in [-0.1, -0.05) is 19.8 Å². The summed E-state index contributed by atoms with van der Waals surface area (Å²) in [4.78, 5) is 11.4. The fraction of sp³-hybridized carbons (Fsp3) is 0.800. The fourth-order valence-electron chi connectivity index (χ4n) is 2.27. The van der Waals surface area contributed by atoms with Gasteiger partial charge in [0, 0.05) is 6.54 Å². The molecule has 4 nitrogen and oxygen atoms in total. The molecule has 1 heterocycles. The van der Waals surface area contributed by atoms with E-state index in [2.05, 4.69) is 17.1 Å². The van der Waals surface area contributed by atoms with Gasteiger partial charge in [-0.05, 0) is 36.9 Å². The number of hydrogen-bond acceptors (Lipinski definition) is 2. The lowest BCUT2D eigenvalue weighted by atomic mass is 9.83. The number of nitrogens with zero attached hydrogens (tertiary/aromatic N) is 1. The van der Waals surface area contributed by atoms with Gasteiger partial charge in [-0.2, -0.15) is 0 Å². The van der Waals surface area contributed by atoms with Gasteiger partial charge < -0.3 is 0 Å². The molecule has 0 aliphatic heterocycles. The SMILES string of the molecule is CC1CCC(Cn2c(=O)[nH][nH]c2=S)CC1. The summed E-state index contributed by atoms with van der Waals surface area (Å²) < 4.78 is 2.15. The van der Waals surface area contributed by atoms with E-state index in [1.807, 2.05) is 0 Å². The van der Waals surface area contributed by atoms with Crippen molar-refractivity contribution in [3.8, 4) is 0 Å². The minimum absolute atomic E-state index is 0.112. The maximum absolute atomic E-state index is 11.4. The molecule has 1 saturated carbocycles. The molecule has 1 fully saturated rings. The van der Waals surface area contributed by atoms with Crippen LogP contribution in [0.15, 0.2) is 4.79 Å². The molecule has 0 spiro atoms. The van der Waals surface area contributed by atoms with E-state index in [-0.39, 0.29) is 5.69 Å². The molecule has 0 unspecified atom stereocenters. The molecule has 0 atom stereocenters. The average molecular weight is 227 g/mol. The highest BCUT2D eigenvalue weighted by atomic mass is 32.1. The highest BCUT2D eigenvalue weighted by Gasteiger charge is 2.19. The molecule has 5 heteroatoms. The molecule has 0 bridgehead atoms. The van der Waals surface area contributed by atoms with Crippen molar-refractivity contribution >= 4 is 12.2 Å². The number of aromatic amines is 2. The Morgan fingerprint density at radius 1 is 1.33 bits per heavy atom. The minimum atomic E-state index is -0.112. The minimum Gasteiger partial charge on any atom is -0.272 e. The molecule has 1 aromatic heterocycles. The first-order chi connectivity index (χ1) is 7.16. The maximum atomic E-state index is 11.4. The van der Waals surface area contributed by atoms with Crippen molar-refractivity contribution in [2.75, 3.05) is 0 Å². The van der Waals surface area contributed by atoms with Crippen LogP contribution in [0.4, 0.5) is 0 Å². The van der Waals surface area contributed by atoms with Gasteiger partial charge in [-0.25, -0.2) is 9.89 Å². The maximum Gasteiger partial charge on any atom is 0.342 e. The van der Waals surface area contributed by atoms with Crippen LogP contribution in [0.3, 0.4) is 0 Å². The largest absolute Gasteiger partial charge is 0.342 e. The molecule has 0 saturated heterocycles. The third-order valence-electron chi connectivity index (χ3n) is 3.34. The third-order valence-corrected chi connectivity index (χ3v) is 3.67. The second-order valence-corrected chi connectivity index (χ2v) is 4.98. The summed E-state index contributed by atoms with van der Waals surface area (Å²) in [5.41, 5.74) is -0.112. The lowest BCUT2D eigenvalue weighted by Crippen LogP contribution is -2.24. The van der Waals surface area contributed by atoms with E-state index >= 15 is 0 Å². The topological polar surface area (TPSA) is 53.6 Å². The number of rotatable bonds is 2. The zero-order valence-corrected chi connectivity index (χ0v) is 9.77. The second-order valence-electron chi connectivity index (χ2n) is 4.60. The van der Waals surface area contributed by atoms with Crippen LogP contribution < -0.4 is 5.69 Å². The van der Waals surface area contributed by atoms with Crippen molar-refractivity contribution < 1.29 is 0 Å². The smallest absolute Gasteiger partial charge is 0.272 e. The molecule has 1 aliphatic rings. The van der Waals surface area contributed by atoms with Crippen LogP contribution in [0.5, 0.6) is 0 Å². The van der Waals surface area contributed by atoms with Gasteiger partial charge in [-0.15, -0.1) is 0 Å². The first kappa shape index (κ1) is 10.7. The lowest BCUT2D eigenvalue weighted by Gasteiger charge is -2.25. The fourth-order valence-corrected chi connectivity index (χ4v) is 2.48. The summed E-state index contributed by atoms with van der Waals surface area (Å²) in [6.07, 6.45) is 4.99. The van der Waals surface area contributed by atoms with E-state index in [1.54, 1.807) is 4.57 Å². The molecule has 0 amide bonds. The van der Waals surface area contributed by atoms with Gasteiger partial charge in [0.15, 0.2) is 4.77 Å². The van der Waals surface area contributed by atoms with Gasteiger partial charge in [0.1, 0.15) is 0 Å². The van der Waals surface area contributed by atoms with Crippen LogP contribution in [-0.4, -0.2) is 14.8 Å². The van der Waals surface area contributed by atoms with E-state index in [9.17, 15) is 4.79 Å². The monoisotopic (exact) mass is 227 g/mol. The van der Waals surface area contributed by atoms with Crippen LogP contribution in [-0.2, 0) is 6.54 Å². The lowest BCUT2D eigenvalue weighted by molar-refractivity contribution is 0.262. The summed E-state index contributed by atoms with van der Waals surface area (Å²) in [6, 6.07) is 0. The molecular weight excluding hydrogens is 210 g/mol. The van der Waals surface area contributed by atoms with Gasteiger partial charge >= 0.3 is 5.69 Å². The molecule has 0 radical (unpaired) electrons. The van der Waals surface area contributed by atoms with Crippen LogP contribution in [0.25, 0.3) is 0 Å². The number of H-pyrrole nitrogens is 2. The predicted molar refractivity (Wildman–Crippen MR) is 61.4 cm³/mol. The normalized spacial score (nSPS) is 26.7. The molecule has 1 aliphatic carbocycles. The van der Waals surface area contributed by atoms with Crippen molar-refractivity contribution in [3.05, 3.63) is 15.3 Å². The Labute approximate surface area is 93.7 Å². The summed E-state index contributed by atoms with van der Waals surface area (Å²) in [6.45, 7) is 3.06. The van der Waals surface area contributed by atoms with Gasteiger partial charge in [0.25, 0.3) is 0 Å². The first-order valence-electron chi connectivity index (χ1n) is 5.54. The van der Waals surface area contributed by atoms with Gasteiger partial charge in [0.05, 0.1) is 0 Å². The molecule has 15 heavy (non-hydrogen) atoms. The Morgan fingerprint density at radius 3 is 2.53 bits per heavy atom. The van der Waals surface area contributed by atoms with E-state index < -0.39 is 0 Å². The zero-order valence-electron chi connectivity index (χ0n) is 8.95. The highest BCUT2D eigenvalue weighted by molar-refractivity contribution is 7.71. The van der Waals surface area contributed by atoms with E-state index in [1.165, 1.54) is 25.7 Å². The standard InChI is InChI=1S/C10H17N3OS/c1-7-2-4-8(5-3-7)6-13-9(14)11-12-10(13)15/h7-8H,2-6H2,1H3,(H,11,14)(H,12,15). The van der Waals surface area contributed by atoms with E-state index in [4.69, 9.17) is 12.2 Å². The molecule has 2 N–H and O–H groups in total. The van der Waals surface area contributed by atoms with Crippen LogP contribution in [0, 0.1) is 16.6 Å². The first-order valence-corrected chi connectivity index (χ1v) is 5.95. The van der Waals surface area contributed by atoms with Gasteiger partial charge in [-0.3, -0.25) is 9.67 Å². The molecular formula is C10H17N3OS. The van der Waals surface area contributed by atoms with Crippen molar-refractivity contribution in [1.82, 2.24) is 14.8 Å². The van der Waals surface area contributed by atoms with Crippen LogP contribution in [0.1, 0.15) is 32.6 Å². The van der Waals surface area contributed by atoms with Gasteiger partial charge in [0.2, 0.25) is 0 Å². The predicted octanol–water partition coefficient (Wildman–Crippen LogP) is 2.06. The highest BCUT2D eigenvalue weighted by Crippen LogP contribution is 2.28. The molecule has 1 aromatic rings. The third kappa shape index (κ3) is 2.40. The van der Waals surface area contributed by atoms with Crippen molar-refractivity contribution in [1.29, 1.82) is 0 Å². The Balaban J connectivity index is 2.04. The summed E-state index contributed by atoms with van der Waals surface area (Å²) in [5.74, 6) is 1.46. The van der Waals surface area contributed by atoms with Crippen molar-refractivity contribution in [2.24, 2.45) is 11.8 Å². The van der Waals surface area contributed by atoms with E-state index in [0.29, 0.717) is 10.7 Å². The Bertz CT molecular complexity index is 395. The second kappa shape index (κ2) is 4.35. The number of aromatic nitrogens is 3. The zero-order chi connectivity index (χ0) is 10.8. The summed E-state index contributed by atoms with van der Waals surface area (Å²) in [5, 5.41) is 5.19. The quantitative estimate of drug-likeness (QED) is 0.760. The molecule has 0 aromatic carbocycles. The Kier molecular flexibility index (Phi) is 3.09. The van der Waals surface area contributed by atoms with E-state index in [0.717, 1.165) is 12.5 Å². The molecule has 84 valence electrons. The Hall–Kier alpha value is -0.840. The van der Waals surface area contributed by atoms with Crippen molar-refractivity contribution in [2.45, 2.75) is 39.2 Å². The summed E-state index contributed by atoms with van der Waals surface area (Å²) >= 11 is 5.04. The molecule has 2 rings (SSSR count). The number of nitrogens with one attached hydrogen (secondary N) is 2. The summed E-state index contributed by atoms with van der Waals surface area (Å²) in [7, 11) is 0. The Morgan fingerprint density at radius 2 is 2.00 bits per heavy atom. The van der Waals surface area contributed by atoms with Crippen molar-refractivity contribution in [3.63, 3.8) is 0 Å². The van der Waals surface area contributed by atoms with Crippen LogP contribution >= 0.6 is 12.2 Å².